The summed E-state index contributed by atoms with van der Waals surface area (Å²) in [5.74, 6) is -0.0737. The summed E-state index contributed by atoms with van der Waals surface area (Å²) in [7, 11) is 0. The molecule has 0 radical (unpaired) electrons. The first kappa shape index (κ1) is 18.2. The van der Waals surface area contributed by atoms with Gasteiger partial charge in [-0.25, -0.2) is 4.39 Å². The van der Waals surface area contributed by atoms with E-state index in [0.717, 1.165) is 20.9 Å². The number of carbonyl (C=O) groups excluding carboxylic acids is 1. The van der Waals surface area contributed by atoms with E-state index in [1.807, 2.05) is 42.5 Å². The van der Waals surface area contributed by atoms with Crippen molar-refractivity contribution >= 4 is 17.2 Å². The minimum atomic E-state index is -0.251. The zero-order chi connectivity index (χ0) is 19.3. The van der Waals surface area contributed by atoms with Crippen molar-refractivity contribution < 1.29 is 13.6 Å². The van der Waals surface area contributed by atoms with E-state index in [-0.39, 0.29) is 11.7 Å². The van der Waals surface area contributed by atoms with Crippen molar-refractivity contribution in [3.63, 3.8) is 0 Å². The van der Waals surface area contributed by atoms with E-state index in [1.165, 1.54) is 18.4 Å². The first-order valence-electron chi connectivity index (χ1n) is 8.90. The Balaban J connectivity index is 1.57. The Kier molecular flexibility index (Phi) is 5.35. The lowest BCUT2D eigenvalue weighted by Crippen LogP contribution is -2.29. The molecule has 4 aromatic rings. The van der Waals surface area contributed by atoms with Crippen molar-refractivity contribution in [1.29, 1.82) is 0 Å². The number of nitrogens with zero attached hydrogens (tertiary/aromatic N) is 1. The normalized spacial score (nSPS) is 10.8. The molecular formula is C23H18FNO2S. The van der Waals surface area contributed by atoms with Crippen molar-refractivity contribution in [1.82, 2.24) is 4.90 Å². The molecule has 3 nitrogen and oxygen atoms in total. The molecule has 0 atom stereocenters. The first-order chi connectivity index (χ1) is 13.7. The van der Waals surface area contributed by atoms with Gasteiger partial charge in [0.15, 0.2) is 5.76 Å². The zero-order valence-electron chi connectivity index (χ0n) is 15.0. The van der Waals surface area contributed by atoms with Crippen LogP contribution in [-0.2, 0) is 13.1 Å². The summed E-state index contributed by atoms with van der Waals surface area (Å²) in [5, 5.41) is 0. The Morgan fingerprint density at radius 2 is 1.68 bits per heavy atom. The lowest BCUT2D eigenvalue weighted by molar-refractivity contribution is 0.0699. The van der Waals surface area contributed by atoms with Crippen molar-refractivity contribution in [2.24, 2.45) is 0 Å². The third-order valence-electron chi connectivity index (χ3n) is 4.37. The molecule has 4 rings (SSSR count). The Labute approximate surface area is 166 Å². The molecule has 0 spiro atoms. The van der Waals surface area contributed by atoms with Crippen LogP contribution in [0.15, 0.2) is 89.5 Å². The first-order valence-corrected chi connectivity index (χ1v) is 9.72. The topological polar surface area (TPSA) is 33.5 Å². The lowest BCUT2D eigenvalue weighted by atomic mass is 10.2. The molecule has 2 aromatic carbocycles. The Morgan fingerprint density at radius 3 is 2.39 bits per heavy atom. The van der Waals surface area contributed by atoms with Crippen LogP contribution in [0.5, 0.6) is 0 Å². The van der Waals surface area contributed by atoms with Crippen molar-refractivity contribution in [2.75, 3.05) is 0 Å². The van der Waals surface area contributed by atoms with Gasteiger partial charge in [0.2, 0.25) is 0 Å². The molecule has 0 saturated heterocycles. The fourth-order valence-corrected chi connectivity index (χ4v) is 4.01. The molecule has 1 amide bonds. The SMILES string of the molecule is O=C(c1ccco1)N(Cc1ccccc1)Cc1ccc(-c2ccc(F)cc2)s1. The molecular weight excluding hydrogens is 373 g/mol. The monoisotopic (exact) mass is 391 g/mol. The van der Waals surface area contributed by atoms with Crippen LogP contribution in [0.25, 0.3) is 10.4 Å². The summed E-state index contributed by atoms with van der Waals surface area (Å²) in [6.07, 6.45) is 1.51. The van der Waals surface area contributed by atoms with E-state index in [4.69, 9.17) is 4.42 Å². The highest BCUT2D eigenvalue weighted by Crippen LogP contribution is 2.29. The third-order valence-corrected chi connectivity index (χ3v) is 5.49. The third kappa shape index (κ3) is 4.21. The second-order valence-electron chi connectivity index (χ2n) is 6.40. The summed E-state index contributed by atoms with van der Waals surface area (Å²) >= 11 is 1.60. The molecule has 2 heterocycles. The van der Waals surface area contributed by atoms with Crippen LogP contribution in [0, 0.1) is 5.82 Å². The number of carbonyl (C=O) groups is 1. The summed E-state index contributed by atoms with van der Waals surface area (Å²) in [5.41, 5.74) is 2.02. The second kappa shape index (κ2) is 8.23. The number of thiophene rings is 1. The van der Waals surface area contributed by atoms with Gasteiger partial charge >= 0.3 is 0 Å². The number of rotatable bonds is 6. The average molecular weight is 391 g/mol. The molecule has 0 N–H and O–H groups in total. The van der Waals surface area contributed by atoms with Gasteiger partial charge in [0.25, 0.3) is 5.91 Å². The molecule has 140 valence electrons. The highest BCUT2D eigenvalue weighted by molar-refractivity contribution is 7.15. The average Bonchev–Trinajstić information content (AvgIpc) is 3.41. The number of hydrogen-bond acceptors (Lipinski definition) is 3. The van der Waals surface area contributed by atoms with Crippen LogP contribution in [-0.4, -0.2) is 10.8 Å². The molecule has 0 unspecified atom stereocenters. The summed E-state index contributed by atoms with van der Waals surface area (Å²) < 4.78 is 18.5. The maximum atomic E-state index is 13.2. The molecule has 0 aliphatic carbocycles. The van der Waals surface area contributed by atoms with E-state index >= 15 is 0 Å². The van der Waals surface area contributed by atoms with Crippen LogP contribution in [0.3, 0.4) is 0 Å². The maximum Gasteiger partial charge on any atom is 0.290 e. The van der Waals surface area contributed by atoms with Gasteiger partial charge in [-0.3, -0.25) is 4.79 Å². The van der Waals surface area contributed by atoms with E-state index in [1.54, 1.807) is 40.5 Å². The summed E-state index contributed by atoms with van der Waals surface area (Å²) in [4.78, 5) is 16.8. The van der Waals surface area contributed by atoms with E-state index in [0.29, 0.717) is 18.8 Å². The van der Waals surface area contributed by atoms with Crippen molar-refractivity contribution in [2.45, 2.75) is 13.1 Å². The smallest absolute Gasteiger partial charge is 0.290 e. The molecule has 28 heavy (non-hydrogen) atoms. The molecule has 5 heteroatoms. The molecule has 0 bridgehead atoms. The van der Waals surface area contributed by atoms with Crippen molar-refractivity contribution in [3.05, 3.63) is 107 Å². The van der Waals surface area contributed by atoms with Crippen LogP contribution in [0.4, 0.5) is 4.39 Å². The number of furan rings is 1. The van der Waals surface area contributed by atoms with Gasteiger partial charge in [-0.15, -0.1) is 11.3 Å². The van der Waals surface area contributed by atoms with Crippen LogP contribution >= 0.6 is 11.3 Å². The summed E-state index contributed by atoms with van der Waals surface area (Å²) in [6, 6.07) is 23.7. The van der Waals surface area contributed by atoms with Gasteiger partial charge in [-0.05, 0) is 47.5 Å². The van der Waals surface area contributed by atoms with Gasteiger partial charge in [-0.2, -0.15) is 0 Å². The maximum absolute atomic E-state index is 13.2. The molecule has 0 aliphatic rings. The Bertz CT molecular complexity index is 1040. The van der Waals surface area contributed by atoms with Crippen molar-refractivity contribution in [3.8, 4) is 10.4 Å². The number of halogens is 1. The summed E-state index contributed by atoms with van der Waals surface area (Å²) in [6.45, 7) is 0.963. The fraction of sp³-hybridized carbons (Fsp3) is 0.0870. The predicted octanol–water partition coefficient (Wildman–Crippen LogP) is 5.99. The zero-order valence-corrected chi connectivity index (χ0v) is 15.9. The van der Waals surface area contributed by atoms with Crippen LogP contribution in [0.1, 0.15) is 21.0 Å². The molecule has 2 aromatic heterocycles. The van der Waals surface area contributed by atoms with E-state index < -0.39 is 0 Å². The second-order valence-corrected chi connectivity index (χ2v) is 7.57. The molecule has 0 fully saturated rings. The molecule has 0 saturated carbocycles. The minimum absolute atomic E-state index is 0.148. The fourth-order valence-electron chi connectivity index (χ4n) is 2.98. The highest BCUT2D eigenvalue weighted by Gasteiger charge is 2.20. The van der Waals surface area contributed by atoms with Gasteiger partial charge in [0, 0.05) is 16.3 Å². The van der Waals surface area contributed by atoms with E-state index in [9.17, 15) is 9.18 Å². The minimum Gasteiger partial charge on any atom is -0.459 e. The van der Waals surface area contributed by atoms with Crippen LogP contribution < -0.4 is 0 Å². The largest absolute Gasteiger partial charge is 0.459 e. The van der Waals surface area contributed by atoms with Crippen LogP contribution in [0.2, 0.25) is 0 Å². The lowest BCUT2D eigenvalue weighted by Gasteiger charge is -2.21. The molecule has 0 aliphatic heterocycles. The Hall–Kier alpha value is -3.18. The number of hydrogen-bond donors (Lipinski definition) is 0. The van der Waals surface area contributed by atoms with Gasteiger partial charge < -0.3 is 9.32 Å². The van der Waals surface area contributed by atoms with Gasteiger partial charge in [-0.1, -0.05) is 42.5 Å². The number of benzene rings is 2. The Morgan fingerprint density at radius 1 is 0.893 bits per heavy atom. The standard InChI is InChI=1S/C23H18FNO2S/c24-19-10-8-18(9-11-19)22-13-12-20(28-22)16-25(15-17-5-2-1-3-6-17)23(26)21-7-4-14-27-21/h1-14H,15-16H2. The van der Waals surface area contributed by atoms with Gasteiger partial charge in [0.1, 0.15) is 5.82 Å². The number of amides is 1. The van der Waals surface area contributed by atoms with Gasteiger partial charge in [0.05, 0.1) is 12.8 Å². The van der Waals surface area contributed by atoms with E-state index in [2.05, 4.69) is 0 Å². The quantitative estimate of drug-likeness (QED) is 0.404. The highest BCUT2D eigenvalue weighted by atomic mass is 32.1. The predicted molar refractivity (Wildman–Crippen MR) is 108 cm³/mol.